The van der Waals surface area contributed by atoms with Crippen LogP contribution in [0.15, 0.2) is 0 Å². The number of hydrogen-bond acceptors (Lipinski definition) is 4. The fraction of sp³-hybridized carbons (Fsp3) is 0.818. The Balaban J connectivity index is 2.31. The van der Waals surface area contributed by atoms with Crippen LogP contribution >= 0.6 is 0 Å². The number of aliphatic carboxylic acids is 1. The van der Waals surface area contributed by atoms with E-state index >= 15 is 0 Å². The lowest BCUT2D eigenvalue weighted by atomic mass is 10.3. The second-order valence-corrected chi connectivity index (χ2v) is 6.07. The van der Waals surface area contributed by atoms with Crippen LogP contribution in [0.4, 0.5) is 0 Å². The predicted molar refractivity (Wildman–Crippen MR) is 68.8 cm³/mol. The summed E-state index contributed by atoms with van der Waals surface area (Å²) in [7, 11) is -1.22. The van der Waals surface area contributed by atoms with Crippen molar-refractivity contribution in [2.45, 2.75) is 25.8 Å². The molecule has 1 heterocycles. The van der Waals surface area contributed by atoms with Crippen LogP contribution in [-0.2, 0) is 20.4 Å². The number of nitrogens with one attached hydrogen (secondary N) is 1. The van der Waals surface area contributed by atoms with Crippen molar-refractivity contribution in [3.05, 3.63) is 0 Å². The maximum absolute atomic E-state index is 11.8. The van der Waals surface area contributed by atoms with Gasteiger partial charge >= 0.3 is 5.97 Å². The molecule has 1 unspecified atom stereocenters. The molecule has 1 fully saturated rings. The number of amides is 1. The summed E-state index contributed by atoms with van der Waals surface area (Å²) in [6, 6.07) is -1.05. The van der Waals surface area contributed by atoms with Crippen molar-refractivity contribution in [2.75, 3.05) is 31.1 Å². The van der Waals surface area contributed by atoms with E-state index in [9.17, 15) is 13.8 Å². The fourth-order valence-corrected chi connectivity index (χ4v) is 3.15. The average molecular weight is 276 g/mol. The largest absolute Gasteiger partial charge is 0.480 e. The van der Waals surface area contributed by atoms with Crippen LogP contribution in [-0.4, -0.2) is 63.3 Å². The van der Waals surface area contributed by atoms with Gasteiger partial charge in [-0.15, -0.1) is 0 Å². The van der Waals surface area contributed by atoms with E-state index in [2.05, 4.69) is 10.2 Å². The maximum Gasteiger partial charge on any atom is 0.327 e. The second-order valence-electron chi connectivity index (χ2n) is 4.45. The molecule has 0 aromatic heterocycles. The molecule has 1 aliphatic heterocycles. The third-order valence-corrected chi connectivity index (χ3v) is 4.21. The van der Waals surface area contributed by atoms with Crippen LogP contribution in [0.2, 0.25) is 0 Å². The molecule has 0 aromatic carbocycles. The van der Waals surface area contributed by atoms with Crippen molar-refractivity contribution >= 4 is 22.7 Å². The molecule has 2 N–H and O–H groups in total. The molecule has 0 spiro atoms. The van der Waals surface area contributed by atoms with E-state index in [1.165, 1.54) is 19.8 Å². The zero-order valence-corrected chi connectivity index (χ0v) is 11.4. The van der Waals surface area contributed by atoms with Crippen molar-refractivity contribution in [3.63, 3.8) is 0 Å². The SMILES string of the molecule is CC(=O)N[C@@H](CS(=O)CCN1CCCC1)C(=O)O. The second kappa shape index (κ2) is 7.48. The quantitative estimate of drug-likeness (QED) is 0.650. The number of nitrogens with zero attached hydrogens (tertiary/aromatic N) is 1. The summed E-state index contributed by atoms with van der Waals surface area (Å²) in [5.74, 6) is -1.12. The van der Waals surface area contributed by atoms with Crippen LogP contribution in [0.1, 0.15) is 19.8 Å². The predicted octanol–water partition coefficient (Wildman–Crippen LogP) is -0.580. The van der Waals surface area contributed by atoms with Crippen molar-refractivity contribution in [3.8, 4) is 0 Å². The lowest BCUT2D eigenvalue weighted by Crippen LogP contribution is -2.44. The average Bonchev–Trinajstić information content (AvgIpc) is 2.77. The zero-order chi connectivity index (χ0) is 13.5. The molecule has 104 valence electrons. The first kappa shape index (κ1) is 15.1. The summed E-state index contributed by atoms with van der Waals surface area (Å²) in [6.07, 6.45) is 2.35. The highest BCUT2D eigenvalue weighted by Gasteiger charge is 2.21. The molecule has 2 atom stereocenters. The highest BCUT2D eigenvalue weighted by molar-refractivity contribution is 7.85. The fourth-order valence-electron chi connectivity index (χ4n) is 1.93. The van der Waals surface area contributed by atoms with Gasteiger partial charge in [0.2, 0.25) is 5.91 Å². The number of carbonyl (C=O) groups excluding carboxylic acids is 1. The Bertz CT molecular complexity index is 329. The minimum Gasteiger partial charge on any atom is -0.480 e. The molecule has 0 bridgehead atoms. The van der Waals surface area contributed by atoms with Crippen LogP contribution in [0.3, 0.4) is 0 Å². The van der Waals surface area contributed by atoms with Gasteiger partial charge in [0, 0.05) is 30.0 Å². The minimum absolute atomic E-state index is 0.0250. The molecule has 0 aromatic rings. The number of likely N-dealkylation sites (tertiary alicyclic amines) is 1. The van der Waals surface area contributed by atoms with Gasteiger partial charge in [0.05, 0.1) is 5.75 Å². The summed E-state index contributed by atoms with van der Waals surface area (Å²) in [5, 5.41) is 11.2. The zero-order valence-electron chi connectivity index (χ0n) is 10.6. The molecule has 0 radical (unpaired) electrons. The number of carbonyl (C=O) groups is 2. The third kappa shape index (κ3) is 5.59. The Labute approximate surface area is 109 Å². The third-order valence-electron chi connectivity index (χ3n) is 2.86. The molecule has 18 heavy (non-hydrogen) atoms. The standard InChI is InChI=1S/C11H20N2O4S/c1-9(14)12-10(11(15)16)8-18(17)7-6-13-4-2-3-5-13/h10H,2-8H2,1H3,(H,12,14)(H,15,16)/t10-,18?/m0/s1. The molecular formula is C11H20N2O4S. The monoisotopic (exact) mass is 276 g/mol. The summed E-state index contributed by atoms with van der Waals surface area (Å²) in [6.45, 7) is 4.05. The summed E-state index contributed by atoms with van der Waals surface area (Å²) >= 11 is 0. The molecule has 0 saturated carbocycles. The lowest BCUT2D eigenvalue weighted by Gasteiger charge is -2.16. The minimum atomic E-state index is -1.22. The Kier molecular flexibility index (Phi) is 6.28. The van der Waals surface area contributed by atoms with Crippen LogP contribution in [0.25, 0.3) is 0 Å². The Morgan fingerprint density at radius 1 is 1.39 bits per heavy atom. The van der Waals surface area contributed by atoms with Crippen LogP contribution < -0.4 is 5.32 Å². The topological polar surface area (TPSA) is 86.7 Å². The van der Waals surface area contributed by atoms with Crippen molar-refractivity contribution in [1.29, 1.82) is 0 Å². The van der Waals surface area contributed by atoms with E-state index in [0.717, 1.165) is 19.6 Å². The van der Waals surface area contributed by atoms with Gasteiger partial charge in [0.15, 0.2) is 0 Å². The van der Waals surface area contributed by atoms with E-state index < -0.39 is 28.7 Å². The van der Waals surface area contributed by atoms with Crippen molar-refractivity contribution in [2.24, 2.45) is 0 Å². The van der Waals surface area contributed by atoms with E-state index in [4.69, 9.17) is 5.11 Å². The van der Waals surface area contributed by atoms with Crippen LogP contribution in [0.5, 0.6) is 0 Å². The molecule has 1 saturated heterocycles. The molecule has 7 heteroatoms. The van der Waals surface area contributed by atoms with Gasteiger partial charge in [-0.25, -0.2) is 4.79 Å². The first-order chi connectivity index (χ1) is 8.49. The van der Waals surface area contributed by atoms with Gasteiger partial charge in [-0.2, -0.15) is 0 Å². The van der Waals surface area contributed by atoms with E-state index in [1.54, 1.807) is 0 Å². The molecule has 1 aliphatic rings. The highest BCUT2D eigenvalue weighted by Crippen LogP contribution is 2.06. The van der Waals surface area contributed by atoms with E-state index in [-0.39, 0.29) is 5.75 Å². The summed E-state index contributed by atoms with van der Waals surface area (Å²) in [4.78, 5) is 23.9. The number of carboxylic acids is 1. The van der Waals surface area contributed by atoms with E-state index in [1.807, 2.05) is 0 Å². The van der Waals surface area contributed by atoms with Crippen molar-refractivity contribution < 1.29 is 18.9 Å². The Morgan fingerprint density at radius 3 is 2.50 bits per heavy atom. The summed E-state index contributed by atoms with van der Waals surface area (Å²) in [5.41, 5.74) is 0. The van der Waals surface area contributed by atoms with Gasteiger partial charge in [-0.05, 0) is 25.9 Å². The first-order valence-electron chi connectivity index (χ1n) is 6.06. The Hall–Kier alpha value is -0.950. The molecular weight excluding hydrogens is 256 g/mol. The van der Waals surface area contributed by atoms with Gasteiger partial charge in [-0.3, -0.25) is 9.00 Å². The van der Waals surface area contributed by atoms with Gasteiger partial charge < -0.3 is 15.3 Å². The van der Waals surface area contributed by atoms with Crippen molar-refractivity contribution in [1.82, 2.24) is 10.2 Å². The Morgan fingerprint density at radius 2 is 2.00 bits per heavy atom. The lowest BCUT2D eigenvalue weighted by molar-refractivity contribution is -0.140. The normalized spacial score (nSPS) is 19.4. The van der Waals surface area contributed by atoms with Gasteiger partial charge in [0.1, 0.15) is 6.04 Å². The van der Waals surface area contributed by atoms with Gasteiger partial charge in [0.25, 0.3) is 0 Å². The number of hydrogen-bond donors (Lipinski definition) is 2. The molecule has 0 aliphatic carbocycles. The van der Waals surface area contributed by atoms with Crippen LogP contribution in [0, 0.1) is 0 Å². The maximum atomic E-state index is 11.8. The first-order valence-corrected chi connectivity index (χ1v) is 7.55. The van der Waals surface area contributed by atoms with Gasteiger partial charge in [-0.1, -0.05) is 0 Å². The number of carboxylic acid groups (broad SMARTS) is 1. The smallest absolute Gasteiger partial charge is 0.327 e. The molecule has 1 amide bonds. The van der Waals surface area contributed by atoms with E-state index in [0.29, 0.717) is 5.75 Å². The highest BCUT2D eigenvalue weighted by atomic mass is 32.2. The number of rotatable bonds is 7. The molecule has 6 nitrogen and oxygen atoms in total. The molecule has 1 rings (SSSR count). The summed E-state index contributed by atoms with van der Waals surface area (Å²) < 4.78 is 11.8.